The van der Waals surface area contributed by atoms with Crippen LogP contribution in [0.2, 0.25) is 0 Å². The summed E-state index contributed by atoms with van der Waals surface area (Å²) in [5.74, 6) is 0.578. The van der Waals surface area contributed by atoms with E-state index in [1.54, 1.807) is 18.3 Å². The lowest BCUT2D eigenvalue weighted by molar-refractivity contribution is -0.117. The van der Waals surface area contributed by atoms with E-state index in [0.29, 0.717) is 28.3 Å². The van der Waals surface area contributed by atoms with E-state index >= 15 is 0 Å². The highest BCUT2D eigenvalue weighted by molar-refractivity contribution is 5.98. The number of nitrogens with two attached hydrogens (primary N) is 1. The third-order valence-corrected chi connectivity index (χ3v) is 4.42. The molecule has 0 radical (unpaired) electrons. The average molecular weight is 336 g/mol. The summed E-state index contributed by atoms with van der Waals surface area (Å²) in [4.78, 5) is 20.5. The van der Waals surface area contributed by atoms with Crippen LogP contribution >= 0.6 is 0 Å². The Kier molecular flexibility index (Phi) is 3.60. The van der Waals surface area contributed by atoms with Crippen LogP contribution in [-0.2, 0) is 4.79 Å². The van der Waals surface area contributed by atoms with Gasteiger partial charge in [0.2, 0.25) is 5.91 Å². The predicted octanol–water partition coefficient (Wildman–Crippen LogP) is 3.68. The van der Waals surface area contributed by atoms with Crippen molar-refractivity contribution in [3.05, 3.63) is 47.9 Å². The molecule has 1 aromatic carbocycles. The molecule has 0 unspecified atom stereocenters. The van der Waals surface area contributed by atoms with Crippen LogP contribution in [0.4, 0.5) is 16.0 Å². The van der Waals surface area contributed by atoms with Crippen molar-refractivity contribution < 1.29 is 9.18 Å². The molecule has 2 heterocycles. The van der Waals surface area contributed by atoms with E-state index in [9.17, 15) is 9.18 Å². The van der Waals surface area contributed by atoms with Gasteiger partial charge >= 0.3 is 0 Å². The lowest BCUT2D eigenvalue weighted by atomic mass is 10.0. The smallest absolute Gasteiger partial charge is 0.228 e. The summed E-state index contributed by atoms with van der Waals surface area (Å²) in [7, 11) is 0. The summed E-state index contributed by atoms with van der Waals surface area (Å²) in [5.41, 5.74) is 8.25. The number of aryl methyl sites for hydroxylation is 1. The molecule has 1 fully saturated rings. The van der Waals surface area contributed by atoms with Gasteiger partial charge in [-0.05, 0) is 55.0 Å². The lowest BCUT2D eigenvalue weighted by Gasteiger charge is -2.10. The van der Waals surface area contributed by atoms with E-state index in [0.717, 1.165) is 23.8 Å². The van der Waals surface area contributed by atoms with E-state index in [4.69, 9.17) is 5.73 Å². The van der Waals surface area contributed by atoms with Gasteiger partial charge in [-0.3, -0.25) is 4.79 Å². The third kappa shape index (κ3) is 3.03. The Bertz CT molecular complexity index is 998. The summed E-state index contributed by atoms with van der Waals surface area (Å²) >= 11 is 0. The van der Waals surface area contributed by atoms with Crippen molar-refractivity contribution in [2.75, 3.05) is 11.1 Å². The Labute approximate surface area is 144 Å². The van der Waals surface area contributed by atoms with Crippen LogP contribution in [0, 0.1) is 18.7 Å². The number of halogens is 1. The Morgan fingerprint density at radius 3 is 2.84 bits per heavy atom. The molecule has 126 valence electrons. The Balaban J connectivity index is 1.78. The number of hydrogen-bond acceptors (Lipinski definition) is 4. The Hall–Kier alpha value is -3.02. The first-order chi connectivity index (χ1) is 12.0. The summed E-state index contributed by atoms with van der Waals surface area (Å²) < 4.78 is 13.6. The van der Waals surface area contributed by atoms with Gasteiger partial charge in [0.05, 0.1) is 5.69 Å². The molecule has 0 saturated heterocycles. The van der Waals surface area contributed by atoms with Crippen molar-refractivity contribution in [3.63, 3.8) is 0 Å². The fourth-order valence-corrected chi connectivity index (χ4v) is 2.82. The first-order valence-electron chi connectivity index (χ1n) is 8.15. The van der Waals surface area contributed by atoms with Crippen molar-refractivity contribution in [2.45, 2.75) is 19.8 Å². The number of nitrogens with zero attached hydrogens (tertiary/aromatic N) is 2. The molecular formula is C19H17FN4O. The number of carbonyl (C=O) groups excluding carboxylic acids is 1. The van der Waals surface area contributed by atoms with Crippen LogP contribution in [0.1, 0.15) is 18.4 Å². The van der Waals surface area contributed by atoms with Gasteiger partial charge in [-0.25, -0.2) is 14.4 Å². The number of aromatic nitrogens is 2. The molecule has 5 nitrogen and oxygen atoms in total. The zero-order valence-electron chi connectivity index (χ0n) is 13.7. The van der Waals surface area contributed by atoms with Crippen LogP contribution in [0.25, 0.3) is 22.0 Å². The normalized spacial score (nSPS) is 13.8. The number of fused-ring (bicyclic) bond motifs is 1. The van der Waals surface area contributed by atoms with Gasteiger partial charge in [0.25, 0.3) is 0 Å². The van der Waals surface area contributed by atoms with E-state index in [-0.39, 0.29) is 17.6 Å². The molecule has 6 heteroatoms. The SMILES string of the molecule is Cc1ccc(F)cc1-c1cc2cc(NC(=O)C3CC3)ncc2c(N)n1. The molecule has 3 N–H and O–H groups in total. The number of amides is 1. The number of nitrogen functional groups attached to an aromatic ring is 1. The second-order valence-corrected chi connectivity index (χ2v) is 6.41. The molecule has 0 bridgehead atoms. The summed E-state index contributed by atoms with van der Waals surface area (Å²) in [6.07, 6.45) is 3.46. The minimum atomic E-state index is -0.326. The van der Waals surface area contributed by atoms with Crippen molar-refractivity contribution in [1.29, 1.82) is 0 Å². The first kappa shape index (κ1) is 15.5. The zero-order valence-corrected chi connectivity index (χ0v) is 13.7. The molecule has 4 rings (SSSR count). The quantitative estimate of drug-likeness (QED) is 0.764. The number of rotatable bonds is 3. The molecule has 1 amide bonds. The summed E-state index contributed by atoms with van der Waals surface area (Å²) in [5, 5.41) is 4.32. The molecule has 1 saturated carbocycles. The Morgan fingerprint density at radius 2 is 2.08 bits per heavy atom. The van der Waals surface area contributed by atoms with Crippen molar-refractivity contribution in [1.82, 2.24) is 9.97 Å². The maximum atomic E-state index is 13.6. The Morgan fingerprint density at radius 1 is 1.28 bits per heavy atom. The van der Waals surface area contributed by atoms with Gasteiger partial charge in [0, 0.05) is 23.1 Å². The highest BCUT2D eigenvalue weighted by Crippen LogP contribution is 2.32. The topological polar surface area (TPSA) is 80.9 Å². The van der Waals surface area contributed by atoms with E-state index in [1.807, 2.05) is 13.0 Å². The van der Waals surface area contributed by atoms with Crippen LogP contribution in [0.3, 0.4) is 0 Å². The van der Waals surface area contributed by atoms with Crippen LogP contribution in [0.15, 0.2) is 36.5 Å². The fourth-order valence-electron chi connectivity index (χ4n) is 2.82. The lowest BCUT2D eigenvalue weighted by Crippen LogP contribution is -2.14. The maximum absolute atomic E-state index is 13.6. The number of anilines is 2. The number of pyridine rings is 2. The molecule has 25 heavy (non-hydrogen) atoms. The summed E-state index contributed by atoms with van der Waals surface area (Å²) in [6, 6.07) is 8.17. The molecule has 2 aromatic heterocycles. The van der Waals surface area contributed by atoms with Crippen LogP contribution < -0.4 is 11.1 Å². The van der Waals surface area contributed by atoms with Gasteiger partial charge in [0.15, 0.2) is 0 Å². The highest BCUT2D eigenvalue weighted by Gasteiger charge is 2.29. The van der Waals surface area contributed by atoms with Gasteiger partial charge in [-0.2, -0.15) is 0 Å². The minimum Gasteiger partial charge on any atom is -0.383 e. The average Bonchev–Trinajstić information content (AvgIpc) is 3.41. The van der Waals surface area contributed by atoms with Crippen molar-refractivity contribution >= 4 is 28.3 Å². The molecule has 1 aliphatic carbocycles. The summed E-state index contributed by atoms with van der Waals surface area (Å²) in [6.45, 7) is 1.89. The monoisotopic (exact) mass is 336 g/mol. The standard InChI is InChI=1S/C19H17FN4O/c1-10-2-5-13(20)8-14(10)16-6-12-7-17(24-19(25)11-3-4-11)22-9-15(12)18(21)23-16/h2,5-9,11H,3-4H2,1H3,(H2,21,23)(H,22,24,25). The number of hydrogen-bond donors (Lipinski definition) is 2. The second kappa shape index (κ2) is 5.81. The number of carbonyl (C=O) groups is 1. The zero-order chi connectivity index (χ0) is 17.6. The molecular weight excluding hydrogens is 319 g/mol. The van der Waals surface area contributed by atoms with Crippen molar-refractivity contribution in [2.24, 2.45) is 5.92 Å². The number of benzene rings is 1. The first-order valence-corrected chi connectivity index (χ1v) is 8.15. The minimum absolute atomic E-state index is 0.00456. The van der Waals surface area contributed by atoms with Crippen LogP contribution in [-0.4, -0.2) is 15.9 Å². The molecule has 3 aromatic rings. The van der Waals surface area contributed by atoms with E-state index in [1.165, 1.54) is 12.1 Å². The maximum Gasteiger partial charge on any atom is 0.228 e. The van der Waals surface area contributed by atoms with Crippen LogP contribution in [0.5, 0.6) is 0 Å². The van der Waals surface area contributed by atoms with Gasteiger partial charge in [-0.1, -0.05) is 6.07 Å². The fraction of sp³-hybridized carbons (Fsp3) is 0.211. The number of nitrogens with one attached hydrogen (secondary N) is 1. The highest BCUT2D eigenvalue weighted by atomic mass is 19.1. The largest absolute Gasteiger partial charge is 0.383 e. The van der Waals surface area contributed by atoms with Crippen molar-refractivity contribution in [3.8, 4) is 11.3 Å². The van der Waals surface area contributed by atoms with E-state index < -0.39 is 0 Å². The van der Waals surface area contributed by atoms with Gasteiger partial charge < -0.3 is 11.1 Å². The van der Waals surface area contributed by atoms with E-state index in [2.05, 4.69) is 15.3 Å². The van der Waals surface area contributed by atoms with Gasteiger partial charge in [-0.15, -0.1) is 0 Å². The molecule has 0 aliphatic heterocycles. The molecule has 0 atom stereocenters. The third-order valence-electron chi connectivity index (χ3n) is 4.42. The predicted molar refractivity (Wildman–Crippen MR) is 95.4 cm³/mol. The van der Waals surface area contributed by atoms with Gasteiger partial charge in [0.1, 0.15) is 17.5 Å². The molecule has 0 spiro atoms. The molecule has 1 aliphatic rings. The second-order valence-electron chi connectivity index (χ2n) is 6.41.